The van der Waals surface area contributed by atoms with Crippen molar-refractivity contribution in [2.45, 2.75) is 12.8 Å². The summed E-state index contributed by atoms with van der Waals surface area (Å²) >= 11 is 0. The largest absolute Gasteiger partial charge is 0.478 e. The number of benzene rings is 2. The molecule has 0 aliphatic carbocycles. The highest BCUT2D eigenvalue weighted by molar-refractivity contribution is 6.00. The van der Waals surface area contributed by atoms with Gasteiger partial charge >= 0.3 is 5.97 Å². The lowest BCUT2D eigenvalue weighted by Gasteiger charge is -2.14. The Labute approximate surface area is 127 Å². The maximum atomic E-state index is 11.8. The van der Waals surface area contributed by atoms with Crippen LogP contribution in [0, 0.1) is 0 Å². The number of carbonyl (C=O) groups is 2. The summed E-state index contributed by atoms with van der Waals surface area (Å²) < 4.78 is 1.67. The first-order valence-electron chi connectivity index (χ1n) is 6.99. The molecule has 0 saturated heterocycles. The summed E-state index contributed by atoms with van der Waals surface area (Å²) in [5.74, 6) is -1.08. The number of hydrazone groups is 1. The van der Waals surface area contributed by atoms with E-state index in [0.29, 0.717) is 18.5 Å². The van der Waals surface area contributed by atoms with Crippen LogP contribution < -0.4 is 5.43 Å². The molecule has 0 aromatic heterocycles. The van der Waals surface area contributed by atoms with Crippen LogP contribution in [0.3, 0.4) is 0 Å². The molecule has 1 aliphatic heterocycles. The summed E-state index contributed by atoms with van der Waals surface area (Å²) in [5.41, 5.74) is 5.58. The van der Waals surface area contributed by atoms with Crippen LogP contribution in [0.15, 0.2) is 54.6 Å². The molecule has 3 rings (SSSR count). The zero-order valence-corrected chi connectivity index (χ0v) is 11.8. The Bertz CT molecular complexity index is 766. The minimum Gasteiger partial charge on any atom is -0.478 e. The van der Waals surface area contributed by atoms with Gasteiger partial charge in [-0.15, -0.1) is 5.43 Å². The van der Waals surface area contributed by atoms with E-state index in [1.807, 2.05) is 30.3 Å². The SMILES string of the molecule is O=C1CCC(c2ccccc2)=[N+](c2cccc(C(=O)O)c2)N1. The number of nitrogens with zero attached hydrogens (tertiary/aromatic N) is 1. The number of aromatic carboxylic acids is 1. The molecular weight excluding hydrogens is 280 g/mol. The first-order chi connectivity index (χ1) is 10.6. The number of hydrogen-bond acceptors (Lipinski definition) is 2. The number of hydrogen-bond donors (Lipinski definition) is 2. The van der Waals surface area contributed by atoms with Crippen LogP contribution in [0.4, 0.5) is 5.69 Å². The fourth-order valence-electron chi connectivity index (χ4n) is 2.49. The van der Waals surface area contributed by atoms with Crippen molar-refractivity contribution < 1.29 is 19.4 Å². The first-order valence-corrected chi connectivity index (χ1v) is 6.99. The Balaban J connectivity index is 2.14. The van der Waals surface area contributed by atoms with Gasteiger partial charge in [0.2, 0.25) is 11.4 Å². The van der Waals surface area contributed by atoms with Gasteiger partial charge in [0.05, 0.1) is 5.56 Å². The Morgan fingerprint density at radius 2 is 1.82 bits per heavy atom. The average molecular weight is 295 g/mol. The second kappa shape index (κ2) is 5.81. The number of carboxylic acids is 1. The van der Waals surface area contributed by atoms with Crippen molar-refractivity contribution in [3.8, 4) is 0 Å². The molecule has 0 unspecified atom stereocenters. The zero-order valence-electron chi connectivity index (χ0n) is 11.8. The summed E-state index contributed by atoms with van der Waals surface area (Å²) in [6.07, 6.45) is 1.02. The Hall–Kier alpha value is -2.95. The monoisotopic (exact) mass is 295 g/mol. The minimum absolute atomic E-state index is 0.0830. The third-order valence-corrected chi connectivity index (χ3v) is 3.55. The van der Waals surface area contributed by atoms with Crippen LogP contribution >= 0.6 is 0 Å². The quantitative estimate of drug-likeness (QED) is 0.854. The molecule has 110 valence electrons. The normalized spacial score (nSPS) is 14.6. The third kappa shape index (κ3) is 2.74. The van der Waals surface area contributed by atoms with Gasteiger partial charge < -0.3 is 5.11 Å². The van der Waals surface area contributed by atoms with E-state index in [0.717, 1.165) is 11.3 Å². The molecule has 1 amide bonds. The van der Waals surface area contributed by atoms with Gasteiger partial charge in [-0.3, -0.25) is 4.79 Å². The fourth-order valence-corrected chi connectivity index (χ4v) is 2.49. The second-order valence-corrected chi connectivity index (χ2v) is 5.04. The number of hydrazine groups is 1. The van der Waals surface area contributed by atoms with Gasteiger partial charge in [0.1, 0.15) is 0 Å². The first kappa shape index (κ1) is 14.0. The summed E-state index contributed by atoms with van der Waals surface area (Å²) in [4.78, 5) is 22.9. The second-order valence-electron chi connectivity index (χ2n) is 5.04. The van der Waals surface area contributed by atoms with Gasteiger partial charge in [-0.05, 0) is 18.2 Å². The molecule has 0 atom stereocenters. The molecule has 0 spiro atoms. The molecule has 0 radical (unpaired) electrons. The molecule has 2 aromatic rings. The van der Waals surface area contributed by atoms with Gasteiger partial charge in [0, 0.05) is 30.5 Å². The van der Waals surface area contributed by atoms with E-state index >= 15 is 0 Å². The molecule has 1 heterocycles. The highest BCUT2D eigenvalue weighted by Gasteiger charge is 2.28. The maximum absolute atomic E-state index is 11.8. The zero-order chi connectivity index (χ0) is 15.5. The van der Waals surface area contributed by atoms with Crippen LogP contribution in [0.2, 0.25) is 0 Å². The lowest BCUT2D eigenvalue weighted by Crippen LogP contribution is -2.40. The van der Waals surface area contributed by atoms with Gasteiger partial charge in [0.15, 0.2) is 0 Å². The molecule has 5 heteroatoms. The molecule has 5 nitrogen and oxygen atoms in total. The van der Waals surface area contributed by atoms with E-state index in [9.17, 15) is 9.59 Å². The minimum atomic E-state index is -0.994. The standard InChI is InChI=1S/C17H14N2O3/c20-16-10-9-15(12-5-2-1-3-6-12)19(18-16)14-8-4-7-13(11-14)17(21)22/h1-8,11H,9-10H2,(H-,18,20,21,22)/p+1. The van der Waals surface area contributed by atoms with Crippen LogP contribution in [-0.4, -0.2) is 27.4 Å². The fraction of sp³-hybridized carbons (Fsp3) is 0.118. The van der Waals surface area contributed by atoms with Crippen molar-refractivity contribution in [3.63, 3.8) is 0 Å². The van der Waals surface area contributed by atoms with E-state index in [1.54, 1.807) is 22.9 Å². The summed E-state index contributed by atoms with van der Waals surface area (Å²) in [6.45, 7) is 0. The predicted molar refractivity (Wildman–Crippen MR) is 81.2 cm³/mol. The molecule has 2 N–H and O–H groups in total. The van der Waals surface area contributed by atoms with Crippen LogP contribution in [-0.2, 0) is 4.79 Å². The van der Waals surface area contributed by atoms with Crippen LogP contribution in [0.25, 0.3) is 0 Å². The van der Waals surface area contributed by atoms with Crippen LogP contribution in [0.1, 0.15) is 28.8 Å². The predicted octanol–water partition coefficient (Wildman–Crippen LogP) is 2.34. The molecule has 0 saturated carbocycles. The third-order valence-electron chi connectivity index (χ3n) is 3.55. The van der Waals surface area contributed by atoms with E-state index in [1.165, 1.54) is 6.07 Å². The van der Waals surface area contributed by atoms with E-state index in [2.05, 4.69) is 5.43 Å². The average Bonchev–Trinajstić information content (AvgIpc) is 2.55. The smallest absolute Gasteiger partial charge is 0.335 e. The van der Waals surface area contributed by atoms with Crippen molar-refractivity contribution in [3.05, 3.63) is 65.7 Å². The molecule has 2 aromatic carbocycles. The van der Waals surface area contributed by atoms with Crippen LogP contribution in [0.5, 0.6) is 0 Å². The van der Waals surface area contributed by atoms with Gasteiger partial charge in [0.25, 0.3) is 5.91 Å². The van der Waals surface area contributed by atoms with Gasteiger partial charge in [-0.2, -0.15) is 0 Å². The number of nitrogens with one attached hydrogen (secondary N) is 1. The lowest BCUT2D eigenvalue weighted by molar-refractivity contribution is -0.496. The molecule has 0 fully saturated rings. The summed E-state index contributed by atoms with van der Waals surface area (Å²) in [6, 6.07) is 16.3. The van der Waals surface area contributed by atoms with E-state index < -0.39 is 5.97 Å². The van der Waals surface area contributed by atoms with Crippen molar-refractivity contribution >= 4 is 23.3 Å². The lowest BCUT2D eigenvalue weighted by atomic mass is 10.0. The highest BCUT2D eigenvalue weighted by atomic mass is 16.4. The summed E-state index contributed by atoms with van der Waals surface area (Å²) in [7, 11) is 0. The molecule has 1 aliphatic rings. The van der Waals surface area contributed by atoms with Crippen molar-refractivity contribution in [2.24, 2.45) is 0 Å². The number of rotatable bonds is 3. The van der Waals surface area contributed by atoms with Gasteiger partial charge in [-0.25, -0.2) is 4.79 Å². The molecular formula is C17H15N2O3+. The Morgan fingerprint density at radius 1 is 1.05 bits per heavy atom. The van der Waals surface area contributed by atoms with Crippen molar-refractivity contribution in [1.82, 2.24) is 5.43 Å². The van der Waals surface area contributed by atoms with Gasteiger partial charge in [-0.1, -0.05) is 28.9 Å². The topological polar surface area (TPSA) is 69.4 Å². The molecule has 22 heavy (non-hydrogen) atoms. The van der Waals surface area contributed by atoms with E-state index in [4.69, 9.17) is 5.11 Å². The Kier molecular flexibility index (Phi) is 3.70. The van der Waals surface area contributed by atoms with E-state index in [-0.39, 0.29) is 11.5 Å². The molecule has 0 bridgehead atoms. The summed E-state index contributed by atoms with van der Waals surface area (Å²) in [5, 5.41) is 9.13. The number of amides is 1. The Morgan fingerprint density at radius 3 is 2.55 bits per heavy atom. The highest BCUT2D eigenvalue weighted by Crippen LogP contribution is 2.19. The maximum Gasteiger partial charge on any atom is 0.335 e. The number of carbonyl (C=O) groups excluding carboxylic acids is 1. The number of carboxylic acid groups (broad SMARTS) is 1. The van der Waals surface area contributed by atoms with Crippen molar-refractivity contribution in [1.29, 1.82) is 0 Å². The van der Waals surface area contributed by atoms with Crippen molar-refractivity contribution in [2.75, 3.05) is 0 Å².